The van der Waals surface area contributed by atoms with Crippen LogP contribution in [0.5, 0.6) is 0 Å². The zero-order valence-electron chi connectivity index (χ0n) is 10.8. The van der Waals surface area contributed by atoms with Crippen LogP contribution in [-0.2, 0) is 6.54 Å². The molecule has 1 aliphatic rings. The second-order valence-electron chi connectivity index (χ2n) is 4.88. The molecular formula is C15H14ClNO3. The lowest BCUT2D eigenvalue weighted by Crippen LogP contribution is -2.26. The van der Waals surface area contributed by atoms with Crippen molar-refractivity contribution in [2.45, 2.75) is 25.4 Å². The van der Waals surface area contributed by atoms with Crippen LogP contribution in [-0.4, -0.2) is 17.1 Å². The number of benzene rings is 1. The summed E-state index contributed by atoms with van der Waals surface area (Å²) in [6.07, 6.45) is 3.75. The molecule has 0 aliphatic heterocycles. The zero-order valence-corrected chi connectivity index (χ0v) is 11.5. The van der Waals surface area contributed by atoms with Gasteiger partial charge in [0.1, 0.15) is 11.3 Å². The van der Waals surface area contributed by atoms with E-state index in [1.807, 2.05) is 12.1 Å². The predicted molar refractivity (Wildman–Crippen MR) is 76.3 cm³/mol. The molecule has 1 aromatic heterocycles. The predicted octanol–water partition coefficient (Wildman–Crippen LogP) is 3.80. The second kappa shape index (κ2) is 5.21. The maximum absolute atomic E-state index is 11.5. The van der Waals surface area contributed by atoms with E-state index in [0.29, 0.717) is 18.3 Å². The van der Waals surface area contributed by atoms with Crippen molar-refractivity contribution in [1.82, 2.24) is 0 Å². The van der Waals surface area contributed by atoms with Gasteiger partial charge in [-0.1, -0.05) is 17.7 Å². The molecule has 4 nitrogen and oxygen atoms in total. The Morgan fingerprint density at radius 3 is 2.75 bits per heavy atom. The summed E-state index contributed by atoms with van der Waals surface area (Å²) in [5, 5.41) is 9.65. The lowest BCUT2D eigenvalue weighted by atomic mass is 10.1. The van der Waals surface area contributed by atoms with Gasteiger partial charge < -0.3 is 14.4 Å². The molecule has 5 heteroatoms. The fourth-order valence-electron chi connectivity index (χ4n) is 2.33. The molecule has 1 heterocycles. The molecule has 1 saturated carbocycles. The van der Waals surface area contributed by atoms with Crippen LogP contribution in [0.1, 0.15) is 29.0 Å². The Balaban J connectivity index is 1.99. The van der Waals surface area contributed by atoms with Crippen LogP contribution in [0.15, 0.2) is 41.0 Å². The fraction of sp³-hybridized carbons (Fsp3) is 0.267. The number of nitrogens with zero attached hydrogens (tertiary/aromatic N) is 1. The number of furan rings is 1. The molecule has 1 aromatic carbocycles. The maximum atomic E-state index is 11.5. The summed E-state index contributed by atoms with van der Waals surface area (Å²) in [5.74, 6) is -0.191. The third-order valence-electron chi connectivity index (χ3n) is 3.41. The van der Waals surface area contributed by atoms with E-state index >= 15 is 0 Å². The number of carbonyl (C=O) groups is 1. The van der Waals surface area contributed by atoms with Gasteiger partial charge in [-0.2, -0.15) is 0 Å². The first kappa shape index (κ1) is 13.1. The van der Waals surface area contributed by atoms with Gasteiger partial charge in [0, 0.05) is 6.04 Å². The average molecular weight is 292 g/mol. The number of halogens is 1. The van der Waals surface area contributed by atoms with Crippen LogP contribution < -0.4 is 4.90 Å². The molecular weight excluding hydrogens is 278 g/mol. The number of hydrogen-bond acceptors (Lipinski definition) is 3. The van der Waals surface area contributed by atoms with E-state index in [-0.39, 0.29) is 10.6 Å². The molecule has 20 heavy (non-hydrogen) atoms. The molecule has 0 amide bonds. The molecule has 0 bridgehead atoms. The van der Waals surface area contributed by atoms with Crippen LogP contribution >= 0.6 is 11.6 Å². The smallest absolute Gasteiger partial charge is 0.339 e. The van der Waals surface area contributed by atoms with Crippen molar-refractivity contribution in [1.29, 1.82) is 0 Å². The Kier molecular flexibility index (Phi) is 3.40. The Hall–Kier alpha value is -1.94. The number of hydrogen-bond donors (Lipinski definition) is 1. The van der Waals surface area contributed by atoms with Crippen LogP contribution in [0.4, 0.5) is 5.69 Å². The van der Waals surface area contributed by atoms with E-state index < -0.39 is 5.97 Å². The van der Waals surface area contributed by atoms with Crippen LogP contribution in [0, 0.1) is 0 Å². The first-order valence-corrected chi connectivity index (χ1v) is 6.85. The van der Waals surface area contributed by atoms with Crippen molar-refractivity contribution in [3.63, 3.8) is 0 Å². The van der Waals surface area contributed by atoms with E-state index in [9.17, 15) is 9.90 Å². The molecule has 0 unspecified atom stereocenters. The molecule has 2 aromatic rings. The van der Waals surface area contributed by atoms with E-state index in [1.54, 1.807) is 24.5 Å². The maximum Gasteiger partial charge on any atom is 0.339 e. The second-order valence-corrected chi connectivity index (χ2v) is 5.28. The van der Waals surface area contributed by atoms with Gasteiger partial charge in [0.2, 0.25) is 0 Å². The molecule has 0 saturated heterocycles. The monoisotopic (exact) mass is 291 g/mol. The fourth-order valence-corrected chi connectivity index (χ4v) is 2.58. The van der Waals surface area contributed by atoms with Crippen molar-refractivity contribution in [2.75, 3.05) is 4.90 Å². The van der Waals surface area contributed by atoms with Crippen LogP contribution in [0.2, 0.25) is 5.02 Å². The minimum Gasteiger partial charge on any atom is -0.478 e. The number of rotatable bonds is 5. The molecule has 0 spiro atoms. The van der Waals surface area contributed by atoms with E-state index in [2.05, 4.69) is 4.90 Å². The minimum absolute atomic E-state index is 0.160. The van der Waals surface area contributed by atoms with Gasteiger partial charge in [0.15, 0.2) is 0 Å². The first-order valence-electron chi connectivity index (χ1n) is 6.47. The summed E-state index contributed by atoms with van der Waals surface area (Å²) in [6.45, 7) is 0.554. The number of carboxylic acids is 1. The van der Waals surface area contributed by atoms with Gasteiger partial charge in [-0.05, 0) is 37.1 Å². The van der Waals surface area contributed by atoms with E-state index in [1.165, 1.54) is 0 Å². The Morgan fingerprint density at radius 1 is 1.35 bits per heavy atom. The molecule has 3 rings (SSSR count). The van der Waals surface area contributed by atoms with Gasteiger partial charge in [-0.15, -0.1) is 0 Å². The summed E-state index contributed by atoms with van der Waals surface area (Å²) < 4.78 is 5.37. The summed E-state index contributed by atoms with van der Waals surface area (Å²) in [4.78, 5) is 13.5. The lowest BCUT2D eigenvalue weighted by molar-refractivity contribution is 0.0697. The first-order chi connectivity index (χ1) is 9.66. The molecule has 1 aliphatic carbocycles. The van der Waals surface area contributed by atoms with Gasteiger partial charge in [-0.25, -0.2) is 4.79 Å². The molecule has 0 atom stereocenters. The summed E-state index contributed by atoms with van der Waals surface area (Å²) in [6, 6.07) is 9.26. The van der Waals surface area contributed by atoms with Crippen molar-refractivity contribution in [2.24, 2.45) is 0 Å². The van der Waals surface area contributed by atoms with Gasteiger partial charge in [0.05, 0.1) is 23.5 Å². The quantitative estimate of drug-likeness (QED) is 0.910. The van der Waals surface area contributed by atoms with Gasteiger partial charge in [0.25, 0.3) is 0 Å². The standard InChI is InChI=1S/C15H14ClNO3/c16-12-4-1-5-13(14(12)15(18)19)17(10-6-7-10)9-11-3-2-8-20-11/h1-5,8,10H,6-7,9H2,(H,18,19). The topological polar surface area (TPSA) is 53.7 Å². The van der Waals surface area contributed by atoms with Gasteiger partial charge >= 0.3 is 5.97 Å². The van der Waals surface area contributed by atoms with Crippen molar-refractivity contribution in [3.8, 4) is 0 Å². The highest BCUT2D eigenvalue weighted by molar-refractivity contribution is 6.34. The third kappa shape index (κ3) is 2.51. The normalized spacial score (nSPS) is 14.2. The van der Waals surface area contributed by atoms with Crippen molar-refractivity contribution >= 4 is 23.3 Å². The summed E-state index contributed by atoms with van der Waals surface area (Å²) >= 11 is 6.04. The molecule has 1 N–H and O–H groups in total. The van der Waals surface area contributed by atoms with Gasteiger partial charge in [-0.3, -0.25) is 0 Å². The summed E-state index contributed by atoms with van der Waals surface area (Å²) in [7, 11) is 0. The Labute approximate surface area is 121 Å². The highest BCUT2D eigenvalue weighted by atomic mass is 35.5. The number of carboxylic acid groups (broad SMARTS) is 1. The highest BCUT2D eigenvalue weighted by Crippen LogP contribution is 2.37. The Bertz CT molecular complexity index is 620. The molecule has 104 valence electrons. The molecule has 0 radical (unpaired) electrons. The van der Waals surface area contributed by atoms with Crippen LogP contribution in [0.3, 0.4) is 0 Å². The number of anilines is 1. The zero-order chi connectivity index (χ0) is 14.1. The largest absolute Gasteiger partial charge is 0.478 e. The van der Waals surface area contributed by atoms with Crippen LogP contribution in [0.25, 0.3) is 0 Å². The minimum atomic E-state index is -1.00. The van der Waals surface area contributed by atoms with E-state index in [4.69, 9.17) is 16.0 Å². The van der Waals surface area contributed by atoms with Crippen molar-refractivity contribution < 1.29 is 14.3 Å². The SMILES string of the molecule is O=C(O)c1c(Cl)cccc1N(Cc1ccco1)C1CC1. The summed E-state index contributed by atoms with van der Waals surface area (Å²) in [5.41, 5.74) is 0.816. The highest BCUT2D eigenvalue weighted by Gasteiger charge is 2.32. The third-order valence-corrected chi connectivity index (χ3v) is 3.72. The van der Waals surface area contributed by atoms with E-state index in [0.717, 1.165) is 18.6 Å². The molecule has 1 fully saturated rings. The Morgan fingerprint density at radius 2 is 2.15 bits per heavy atom. The number of aromatic carboxylic acids is 1. The lowest BCUT2D eigenvalue weighted by Gasteiger charge is -2.25. The van der Waals surface area contributed by atoms with Crippen molar-refractivity contribution in [3.05, 3.63) is 52.9 Å². The average Bonchev–Trinajstić information content (AvgIpc) is 3.12.